The Bertz CT molecular complexity index is 3280. The number of halogens is 12. The summed E-state index contributed by atoms with van der Waals surface area (Å²) in [6.45, 7) is 35.6. The van der Waals surface area contributed by atoms with Crippen LogP contribution in [-0.2, 0) is 43.3 Å². The van der Waals surface area contributed by atoms with Crippen LogP contribution in [0.25, 0.3) is 33.8 Å². The molecule has 0 spiro atoms. The normalized spacial score (nSPS) is 15.0. The van der Waals surface area contributed by atoms with Crippen LogP contribution in [0.5, 0.6) is 0 Å². The Kier molecular flexibility index (Phi) is 37.7. The summed E-state index contributed by atoms with van der Waals surface area (Å²) >= 11 is 12.1. The second-order valence-electron chi connectivity index (χ2n) is 25.6. The minimum absolute atomic E-state index is 0. The van der Waals surface area contributed by atoms with Gasteiger partial charge in [0.1, 0.15) is 16.8 Å². The number of nitrogens with zero attached hydrogens (tertiary/aromatic N) is 7. The first-order valence-electron chi connectivity index (χ1n) is 27.9. The molecule has 0 unspecified atom stereocenters. The second-order valence-corrected chi connectivity index (χ2v) is 33.2. The van der Waals surface area contributed by atoms with E-state index >= 15 is 0 Å². The first-order chi connectivity index (χ1) is 39.2. The monoisotopic (exact) mass is 1650 g/mol. The molecule has 1 N–H and O–H groups in total. The van der Waals surface area contributed by atoms with Crippen LogP contribution in [0.3, 0.4) is 0 Å². The molecule has 9 rings (SSSR count). The Labute approximate surface area is 613 Å². The van der Waals surface area contributed by atoms with Crippen molar-refractivity contribution in [3.8, 4) is 33.8 Å². The Morgan fingerprint density at radius 3 is 1.40 bits per heavy atom. The van der Waals surface area contributed by atoms with Crippen LogP contribution in [0.4, 0.5) is 26.3 Å². The summed E-state index contributed by atoms with van der Waals surface area (Å²) in [5.74, 6) is -4.36. The summed E-state index contributed by atoms with van der Waals surface area (Å²) in [7, 11) is -2.32. The second kappa shape index (κ2) is 38.1. The molecule has 0 amide bonds. The Hall–Kier alpha value is -0.958. The topological polar surface area (TPSA) is 121 Å². The number of benzene rings is 3. The minimum Gasteiger partial charge on any atom is -1.00 e. The van der Waals surface area contributed by atoms with Gasteiger partial charge in [0, 0.05) is 45.1 Å². The van der Waals surface area contributed by atoms with Crippen LogP contribution in [0.1, 0.15) is 168 Å². The van der Waals surface area contributed by atoms with Crippen molar-refractivity contribution in [3.63, 3.8) is 0 Å². The molecule has 1 aliphatic heterocycles. The van der Waals surface area contributed by atoms with Gasteiger partial charge in [0.15, 0.2) is 29.1 Å². The predicted octanol–water partition coefficient (Wildman–Crippen LogP) is 12.1. The van der Waals surface area contributed by atoms with E-state index in [1.807, 2.05) is 140 Å². The minimum atomic E-state index is -1.27. The van der Waals surface area contributed by atoms with Gasteiger partial charge in [-0.1, -0.05) is 32.2 Å². The quantitative estimate of drug-likeness (QED) is 0.0384. The SMILES string of the molecule is C1CCOC1.CC(C)(C)[S@@](=O)N=CC1CC1.CC(C)(C)n1nc[c-]c1-c1cc(F)c(F)cc1Br.CC(C)(C)n1ncc(I)c1-c1cc(F)c(F)cc1Br.CC(C)(C)n1ncc([C@H](N[S@](=O)C(C)(C)C)C2CC2)c1-c1cc(F)c(F)cc1Br.C[CH-]C.[Cl-].[Cl-].[Mg+2].[Mg+2]. The van der Waals surface area contributed by atoms with Crippen molar-refractivity contribution in [2.75, 3.05) is 13.2 Å². The van der Waals surface area contributed by atoms with E-state index in [-0.39, 0.29) is 98.3 Å². The number of nitrogens with one attached hydrogen (secondary N) is 1. The van der Waals surface area contributed by atoms with Crippen LogP contribution in [0.15, 0.2) is 72.8 Å². The van der Waals surface area contributed by atoms with E-state index in [2.05, 4.69) is 101 Å². The van der Waals surface area contributed by atoms with E-state index in [4.69, 9.17) is 4.74 Å². The first kappa shape index (κ1) is 88.0. The molecular formula is C62H82Br3Cl2F6IMg2N8O3S2. The van der Waals surface area contributed by atoms with Crippen LogP contribution in [-0.4, -0.2) is 113 Å². The summed E-state index contributed by atoms with van der Waals surface area (Å²) in [5.41, 5.74) is 3.72. The van der Waals surface area contributed by atoms with Gasteiger partial charge in [0.05, 0.1) is 70.5 Å². The molecule has 3 atom stereocenters. The number of rotatable bonds is 9. The number of ether oxygens (including phenoxy) is 1. The standard InChI is InChI=1S/C21H28BrF2N3OS.C13H12BrF2IN2.C13H12BrF2N2.C8H15NOS.C4H8O.C3H7.2ClH.2Mg/c1-20(2,3)27-19(13-9-16(23)17(24)10-15(13)22)14(11-25-27)18(12-7-8-12)26-29(28)21(4,5)6;1-13(2,3)19-12(11(17)6-18-19)7-4-9(15)10(16)5-8(7)14;1-13(2,3)18-12(4-5-17-18)8-6-10(15)11(16)7-9(8)14;1-8(2,3)11(10)9-6-7-4-5-7;1-2-4-5-3-1;1-3-2;;;;/h9-12,18,26H,7-8H2,1-6H3;4-6H,1-3H3;5-7H,1-3H3;6-7H,4-5H2,1-3H3;1-4H2;3H,1-2H3;2*1H;;/q;;-1;;;-1;;;2*+2/p-2/t18-,29-;;;11-;;;;;;/m1..1....../s1. The van der Waals surface area contributed by atoms with E-state index in [1.165, 1.54) is 44.0 Å². The van der Waals surface area contributed by atoms with Gasteiger partial charge in [-0.2, -0.15) is 28.4 Å². The molecule has 3 aromatic carbocycles. The summed E-state index contributed by atoms with van der Waals surface area (Å²) < 4.78 is 125. The van der Waals surface area contributed by atoms with Crippen LogP contribution < -0.4 is 29.5 Å². The van der Waals surface area contributed by atoms with Crippen molar-refractivity contribution < 1.29 is 64.3 Å². The fraction of sp³-hybridized carbons (Fsp3) is 0.532. The molecule has 4 heterocycles. The van der Waals surface area contributed by atoms with Gasteiger partial charge in [0.25, 0.3) is 0 Å². The van der Waals surface area contributed by atoms with Gasteiger partial charge in [-0.15, -0.1) is 5.56 Å². The van der Waals surface area contributed by atoms with Crippen molar-refractivity contribution in [2.24, 2.45) is 16.2 Å². The van der Waals surface area contributed by atoms with Crippen molar-refractivity contribution >= 4 is 145 Å². The molecule has 11 nitrogen and oxygen atoms in total. The first-order valence-corrected chi connectivity index (χ1v) is 33.6. The molecule has 2 saturated carbocycles. The zero-order valence-corrected chi connectivity index (χ0v) is 66.8. The van der Waals surface area contributed by atoms with Gasteiger partial charge in [-0.25, -0.2) is 50.6 Å². The van der Waals surface area contributed by atoms with Crippen molar-refractivity contribution in [2.45, 2.75) is 188 Å². The third-order valence-electron chi connectivity index (χ3n) is 12.4. The molecule has 3 aromatic heterocycles. The number of hydrogen-bond acceptors (Lipinski definition) is 6. The third kappa shape index (κ3) is 26.9. The molecular weight excluding hydrogens is 1570 g/mol. The predicted molar refractivity (Wildman–Crippen MR) is 365 cm³/mol. The molecule has 3 fully saturated rings. The maximum absolute atomic E-state index is 14.2. The molecule has 27 heteroatoms. The maximum atomic E-state index is 14.2. The molecule has 0 bridgehead atoms. The van der Waals surface area contributed by atoms with E-state index in [9.17, 15) is 34.8 Å². The Morgan fingerprint density at radius 2 is 1.02 bits per heavy atom. The average molecular weight is 1650 g/mol. The summed E-state index contributed by atoms with van der Waals surface area (Å²) in [5, 5.41) is 13.1. The summed E-state index contributed by atoms with van der Waals surface area (Å²) in [4.78, 5) is 0. The van der Waals surface area contributed by atoms with Crippen molar-refractivity contribution in [3.05, 3.63) is 125 Å². The zero-order chi connectivity index (χ0) is 64.3. The van der Waals surface area contributed by atoms with E-state index in [0.29, 0.717) is 53.3 Å². The van der Waals surface area contributed by atoms with E-state index < -0.39 is 61.6 Å². The van der Waals surface area contributed by atoms with Gasteiger partial charge in [0.2, 0.25) is 0 Å². The van der Waals surface area contributed by atoms with Crippen LogP contribution in [0.2, 0.25) is 0 Å². The third-order valence-corrected chi connectivity index (χ3v) is 18.1. The van der Waals surface area contributed by atoms with Crippen molar-refractivity contribution in [1.82, 2.24) is 34.1 Å². The van der Waals surface area contributed by atoms with Crippen molar-refractivity contribution in [1.29, 1.82) is 0 Å². The number of hydrogen-bond donors (Lipinski definition) is 1. The molecule has 488 valence electrons. The zero-order valence-electron chi connectivity index (χ0n) is 53.9. The molecule has 6 aromatic rings. The van der Waals surface area contributed by atoms with Gasteiger partial charge >= 0.3 is 46.1 Å². The summed E-state index contributed by atoms with van der Waals surface area (Å²) in [6, 6.07) is 9.70. The maximum Gasteiger partial charge on any atom is 2.00 e. The van der Waals surface area contributed by atoms with E-state index in [1.54, 1.807) is 17.1 Å². The Morgan fingerprint density at radius 1 is 0.629 bits per heavy atom. The fourth-order valence-electron chi connectivity index (χ4n) is 7.72. The largest absolute Gasteiger partial charge is 2.00 e. The molecule has 2 aliphatic carbocycles. The molecule has 0 radical (unpaired) electrons. The van der Waals surface area contributed by atoms with E-state index in [0.717, 1.165) is 65.1 Å². The average Bonchev–Trinajstić information content (AvgIpc) is 2.57. The summed E-state index contributed by atoms with van der Waals surface area (Å²) in [6.07, 6.45) is 15.9. The number of aromatic nitrogens is 6. The molecule has 3 aliphatic rings. The molecule has 89 heavy (non-hydrogen) atoms. The van der Waals surface area contributed by atoms with Crippen LogP contribution >= 0.6 is 70.4 Å². The van der Waals surface area contributed by atoms with Crippen LogP contribution in [0, 0.1) is 62.8 Å². The molecule has 1 saturated heterocycles. The fourth-order valence-corrected chi connectivity index (χ4v) is 11.4. The van der Waals surface area contributed by atoms with Gasteiger partial charge < -0.3 is 36.0 Å². The van der Waals surface area contributed by atoms with Gasteiger partial charge in [-0.3, -0.25) is 14.0 Å². The van der Waals surface area contributed by atoms with Gasteiger partial charge in [-0.05, 0) is 245 Å². The smallest absolute Gasteiger partial charge is 1.00 e. The Balaban J connectivity index is 0.00000114.